The fraction of sp³-hybridized carbons (Fsp3) is 0.185. The van der Waals surface area contributed by atoms with Crippen LogP contribution in [0.3, 0.4) is 0 Å². The molecule has 0 saturated carbocycles. The van der Waals surface area contributed by atoms with Crippen LogP contribution in [0.4, 0.5) is 5.69 Å². The van der Waals surface area contributed by atoms with Crippen LogP contribution in [0, 0.1) is 0 Å². The Morgan fingerprint density at radius 3 is 2.06 bits per heavy atom. The lowest BCUT2D eigenvalue weighted by molar-refractivity contribution is 0.0641. The van der Waals surface area contributed by atoms with Crippen molar-refractivity contribution in [2.45, 2.75) is 6.54 Å². The molecular weight excluding hydrogens is 462 g/mol. The first-order valence-corrected chi connectivity index (χ1v) is 11.1. The first-order valence-electron chi connectivity index (χ1n) is 11.1. The van der Waals surface area contributed by atoms with Gasteiger partial charge in [-0.25, -0.2) is 0 Å². The number of fused-ring (bicyclic) bond motifs is 1. The second kappa shape index (κ2) is 9.91. The first kappa shape index (κ1) is 24.5. The van der Waals surface area contributed by atoms with E-state index in [4.69, 9.17) is 9.47 Å². The maximum Gasteiger partial charge on any atom is 0.261 e. The van der Waals surface area contributed by atoms with E-state index in [-0.39, 0.29) is 35.5 Å². The number of amides is 4. The molecule has 0 radical (unpaired) electrons. The molecule has 184 valence electrons. The molecule has 0 aliphatic carbocycles. The molecule has 0 spiro atoms. The predicted octanol–water partition coefficient (Wildman–Crippen LogP) is 3.45. The Labute approximate surface area is 208 Å². The number of anilines is 1. The number of methoxy groups -OCH3 is 2. The van der Waals surface area contributed by atoms with Crippen molar-refractivity contribution < 1.29 is 28.7 Å². The van der Waals surface area contributed by atoms with Gasteiger partial charge in [-0.3, -0.25) is 24.1 Å². The SMILES string of the molecule is COc1cc(NC(=O)c2cccc(CN3C(=O)c4ccccc4C3=O)c2)c(C(=O)N(C)C)cc1OC. The monoisotopic (exact) mass is 487 g/mol. The zero-order valence-electron chi connectivity index (χ0n) is 20.3. The first-order chi connectivity index (χ1) is 17.2. The number of nitrogens with one attached hydrogen (secondary N) is 1. The highest BCUT2D eigenvalue weighted by molar-refractivity contribution is 6.21. The predicted molar refractivity (Wildman–Crippen MR) is 133 cm³/mol. The number of ether oxygens (including phenoxy) is 2. The number of hydrogen-bond acceptors (Lipinski definition) is 6. The van der Waals surface area contributed by atoms with E-state index in [9.17, 15) is 19.2 Å². The molecule has 1 aliphatic rings. The smallest absolute Gasteiger partial charge is 0.261 e. The zero-order chi connectivity index (χ0) is 26.0. The van der Waals surface area contributed by atoms with Gasteiger partial charge in [0.05, 0.1) is 43.1 Å². The number of rotatable bonds is 7. The second-order valence-corrected chi connectivity index (χ2v) is 8.35. The van der Waals surface area contributed by atoms with Crippen molar-refractivity contribution in [3.8, 4) is 11.5 Å². The van der Waals surface area contributed by atoms with E-state index in [1.807, 2.05) is 0 Å². The van der Waals surface area contributed by atoms with E-state index in [0.29, 0.717) is 33.8 Å². The topological polar surface area (TPSA) is 105 Å². The van der Waals surface area contributed by atoms with E-state index in [1.54, 1.807) is 62.6 Å². The van der Waals surface area contributed by atoms with Gasteiger partial charge in [0, 0.05) is 25.7 Å². The van der Waals surface area contributed by atoms with Gasteiger partial charge in [-0.1, -0.05) is 24.3 Å². The van der Waals surface area contributed by atoms with Crippen molar-refractivity contribution in [3.05, 3.63) is 88.5 Å². The largest absolute Gasteiger partial charge is 0.493 e. The van der Waals surface area contributed by atoms with E-state index in [0.717, 1.165) is 4.90 Å². The van der Waals surface area contributed by atoms with E-state index >= 15 is 0 Å². The molecule has 9 nitrogen and oxygen atoms in total. The van der Waals surface area contributed by atoms with Crippen LogP contribution in [-0.4, -0.2) is 61.7 Å². The van der Waals surface area contributed by atoms with Crippen molar-refractivity contribution in [1.82, 2.24) is 9.80 Å². The van der Waals surface area contributed by atoms with E-state index in [1.165, 1.54) is 31.3 Å². The summed E-state index contributed by atoms with van der Waals surface area (Å²) in [6, 6.07) is 16.3. The summed E-state index contributed by atoms with van der Waals surface area (Å²) in [6.45, 7) is 0.0220. The van der Waals surface area contributed by atoms with Gasteiger partial charge in [0.1, 0.15) is 0 Å². The second-order valence-electron chi connectivity index (χ2n) is 8.35. The molecule has 0 fully saturated rings. The fourth-order valence-corrected chi connectivity index (χ4v) is 3.97. The average molecular weight is 488 g/mol. The molecule has 0 atom stereocenters. The van der Waals surface area contributed by atoms with Gasteiger partial charge < -0.3 is 19.7 Å². The number of hydrogen-bond donors (Lipinski definition) is 1. The summed E-state index contributed by atoms with van der Waals surface area (Å²) in [5, 5.41) is 2.77. The van der Waals surface area contributed by atoms with Crippen LogP contribution in [0.2, 0.25) is 0 Å². The minimum absolute atomic E-state index is 0.0220. The average Bonchev–Trinajstić information content (AvgIpc) is 3.13. The van der Waals surface area contributed by atoms with Crippen molar-refractivity contribution in [3.63, 3.8) is 0 Å². The molecule has 0 unspecified atom stereocenters. The maximum atomic E-state index is 13.2. The Morgan fingerprint density at radius 1 is 0.861 bits per heavy atom. The number of nitrogens with zero attached hydrogens (tertiary/aromatic N) is 2. The van der Waals surface area contributed by atoms with Crippen LogP contribution in [0.15, 0.2) is 60.7 Å². The Hall–Kier alpha value is -4.66. The van der Waals surface area contributed by atoms with Crippen molar-refractivity contribution in [1.29, 1.82) is 0 Å². The lowest BCUT2D eigenvalue weighted by Gasteiger charge is -2.18. The molecule has 0 saturated heterocycles. The molecule has 4 rings (SSSR count). The van der Waals surface area contributed by atoms with Crippen LogP contribution in [0.5, 0.6) is 11.5 Å². The zero-order valence-corrected chi connectivity index (χ0v) is 20.3. The van der Waals surface area contributed by atoms with Crippen LogP contribution in [0.1, 0.15) is 47.0 Å². The molecule has 4 amide bonds. The van der Waals surface area contributed by atoms with Crippen molar-refractivity contribution in [2.75, 3.05) is 33.6 Å². The highest BCUT2D eigenvalue weighted by Gasteiger charge is 2.35. The Kier molecular flexibility index (Phi) is 6.73. The maximum absolute atomic E-state index is 13.2. The van der Waals surface area contributed by atoms with E-state index in [2.05, 4.69) is 5.32 Å². The summed E-state index contributed by atoms with van der Waals surface area (Å²) in [7, 11) is 6.13. The molecule has 3 aromatic carbocycles. The summed E-state index contributed by atoms with van der Waals surface area (Å²) in [4.78, 5) is 53.9. The lowest BCUT2D eigenvalue weighted by atomic mass is 10.1. The Balaban J connectivity index is 1.59. The minimum atomic E-state index is -0.473. The standard InChI is InChI=1S/C27H25N3O6/c1-29(2)25(32)20-13-22(35-3)23(36-4)14-21(20)28-24(31)17-9-7-8-16(12-17)15-30-26(33)18-10-5-6-11-19(18)27(30)34/h5-14H,15H2,1-4H3,(H,28,31). The molecule has 36 heavy (non-hydrogen) atoms. The van der Waals surface area contributed by atoms with Crippen LogP contribution < -0.4 is 14.8 Å². The van der Waals surface area contributed by atoms with Crippen molar-refractivity contribution in [2.24, 2.45) is 0 Å². The third-order valence-electron chi connectivity index (χ3n) is 5.82. The van der Waals surface area contributed by atoms with E-state index < -0.39 is 5.91 Å². The molecule has 9 heteroatoms. The van der Waals surface area contributed by atoms with Crippen LogP contribution in [0.25, 0.3) is 0 Å². The molecular formula is C27H25N3O6. The van der Waals surface area contributed by atoms with Gasteiger partial charge >= 0.3 is 0 Å². The minimum Gasteiger partial charge on any atom is -0.493 e. The molecule has 1 heterocycles. The third-order valence-corrected chi connectivity index (χ3v) is 5.82. The molecule has 0 aromatic heterocycles. The van der Waals surface area contributed by atoms with Gasteiger partial charge in [0.15, 0.2) is 11.5 Å². The summed E-state index contributed by atoms with van der Waals surface area (Å²) >= 11 is 0. The highest BCUT2D eigenvalue weighted by Crippen LogP contribution is 2.34. The van der Waals surface area contributed by atoms with Gasteiger partial charge in [0.25, 0.3) is 23.6 Å². The summed E-state index contributed by atoms with van der Waals surface area (Å²) in [6.07, 6.45) is 0. The van der Waals surface area contributed by atoms with Gasteiger partial charge in [-0.05, 0) is 35.9 Å². The summed E-state index contributed by atoms with van der Waals surface area (Å²) in [5.41, 5.74) is 2.11. The highest BCUT2D eigenvalue weighted by atomic mass is 16.5. The van der Waals surface area contributed by atoms with Crippen LogP contribution >= 0.6 is 0 Å². The Bertz CT molecular complexity index is 1350. The molecule has 1 aliphatic heterocycles. The van der Waals surface area contributed by atoms with Gasteiger partial charge in [0.2, 0.25) is 0 Å². The van der Waals surface area contributed by atoms with Crippen LogP contribution in [-0.2, 0) is 6.54 Å². The fourth-order valence-electron chi connectivity index (χ4n) is 3.97. The summed E-state index contributed by atoms with van der Waals surface area (Å²) in [5.74, 6) is -0.846. The number of benzene rings is 3. The van der Waals surface area contributed by atoms with Crippen molar-refractivity contribution >= 4 is 29.3 Å². The number of imide groups is 1. The third kappa shape index (κ3) is 4.50. The normalized spacial score (nSPS) is 12.3. The van der Waals surface area contributed by atoms with Gasteiger partial charge in [-0.15, -0.1) is 0 Å². The molecule has 0 bridgehead atoms. The quantitative estimate of drug-likeness (QED) is 0.512. The molecule has 1 N–H and O–H groups in total. The summed E-state index contributed by atoms with van der Waals surface area (Å²) < 4.78 is 10.6. The molecule has 3 aromatic rings. The lowest BCUT2D eigenvalue weighted by Crippen LogP contribution is -2.29. The Morgan fingerprint density at radius 2 is 1.47 bits per heavy atom. The number of carbonyl (C=O) groups is 4. The van der Waals surface area contributed by atoms with Gasteiger partial charge in [-0.2, -0.15) is 0 Å². The number of carbonyl (C=O) groups excluding carboxylic acids is 4.